The fraction of sp³-hybridized carbons (Fsp3) is 0.667. The van der Waals surface area contributed by atoms with E-state index in [0.717, 1.165) is 0 Å². The Morgan fingerprint density at radius 3 is 2.67 bits per heavy atom. The first-order valence-electron chi connectivity index (χ1n) is 2.99. The van der Waals surface area contributed by atoms with E-state index >= 15 is 0 Å². The molecule has 3 heteroatoms. The summed E-state index contributed by atoms with van der Waals surface area (Å²) in [6, 6.07) is -0.168. The van der Waals surface area contributed by atoms with Crippen LogP contribution in [0.3, 0.4) is 0 Å². The van der Waals surface area contributed by atoms with E-state index in [1.807, 2.05) is 0 Å². The maximum Gasteiger partial charge on any atom is 0.0912 e. The molecule has 1 atom stereocenters. The molecule has 0 rings (SSSR count). The molecule has 0 fully saturated rings. The van der Waals surface area contributed by atoms with E-state index in [9.17, 15) is 4.39 Å². The van der Waals surface area contributed by atoms with Gasteiger partial charge in [0.2, 0.25) is 0 Å². The third-order valence-electron chi connectivity index (χ3n) is 0.962. The van der Waals surface area contributed by atoms with Gasteiger partial charge >= 0.3 is 0 Å². The molecule has 0 radical (unpaired) electrons. The SMILES string of the molecule is NCC=CC(N)CCF. The van der Waals surface area contributed by atoms with Crippen molar-refractivity contribution in [1.82, 2.24) is 0 Å². The summed E-state index contributed by atoms with van der Waals surface area (Å²) in [4.78, 5) is 0. The van der Waals surface area contributed by atoms with E-state index in [2.05, 4.69) is 0 Å². The van der Waals surface area contributed by atoms with Gasteiger partial charge in [0.05, 0.1) is 6.67 Å². The van der Waals surface area contributed by atoms with Gasteiger partial charge in [-0.1, -0.05) is 12.2 Å². The quantitative estimate of drug-likeness (QED) is 0.536. The number of nitrogens with two attached hydrogens (primary N) is 2. The maximum atomic E-state index is 11.5. The van der Waals surface area contributed by atoms with Crippen molar-refractivity contribution >= 4 is 0 Å². The molecule has 2 nitrogen and oxygen atoms in total. The van der Waals surface area contributed by atoms with Crippen LogP contribution < -0.4 is 11.5 Å². The van der Waals surface area contributed by atoms with Crippen LogP contribution >= 0.6 is 0 Å². The molecule has 0 amide bonds. The fourth-order valence-electron chi connectivity index (χ4n) is 0.476. The van der Waals surface area contributed by atoms with E-state index in [-0.39, 0.29) is 12.7 Å². The topological polar surface area (TPSA) is 52.0 Å². The summed E-state index contributed by atoms with van der Waals surface area (Å²) in [5.41, 5.74) is 10.5. The normalized spacial score (nSPS) is 14.6. The van der Waals surface area contributed by atoms with Gasteiger partial charge in [-0.15, -0.1) is 0 Å². The second kappa shape index (κ2) is 5.72. The second-order valence-electron chi connectivity index (χ2n) is 1.81. The smallest absolute Gasteiger partial charge is 0.0912 e. The number of hydrogen-bond acceptors (Lipinski definition) is 2. The Morgan fingerprint density at radius 1 is 1.56 bits per heavy atom. The predicted molar refractivity (Wildman–Crippen MR) is 36.8 cm³/mol. The Kier molecular flexibility index (Phi) is 5.46. The zero-order valence-corrected chi connectivity index (χ0v) is 5.39. The van der Waals surface area contributed by atoms with Crippen LogP contribution in [0, 0.1) is 0 Å². The van der Waals surface area contributed by atoms with Crippen LogP contribution in [-0.2, 0) is 0 Å². The minimum atomic E-state index is -0.365. The van der Waals surface area contributed by atoms with Crippen LogP contribution in [0.25, 0.3) is 0 Å². The first-order chi connectivity index (χ1) is 4.31. The molecule has 0 heterocycles. The lowest BCUT2D eigenvalue weighted by atomic mass is 10.2. The van der Waals surface area contributed by atoms with Crippen molar-refractivity contribution in [2.24, 2.45) is 11.5 Å². The molecule has 0 saturated carbocycles. The highest BCUT2D eigenvalue weighted by atomic mass is 19.1. The summed E-state index contributed by atoms with van der Waals surface area (Å²) in [6.07, 6.45) is 3.84. The van der Waals surface area contributed by atoms with Crippen LogP contribution in [0.2, 0.25) is 0 Å². The molecule has 0 aliphatic heterocycles. The summed E-state index contributed by atoms with van der Waals surface area (Å²) < 4.78 is 11.5. The van der Waals surface area contributed by atoms with Crippen LogP contribution in [0.15, 0.2) is 12.2 Å². The van der Waals surface area contributed by atoms with Crippen molar-refractivity contribution in [1.29, 1.82) is 0 Å². The van der Waals surface area contributed by atoms with Gasteiger partial charge < -0.3 is 11.5 Å². The summed E-state index contributed by atoms with van der Waals surface area (Å²) in [5, 5.41) is 0. The third-order valence-corrected chi connectivity index (χ3v) is 0.962. The van der Waals surface area contributed by atoms with Crippen molar-refractivity contribution in [3.05, 3.63) is 12.2 Å². The highest BCUT2D eigenvalue weighted by Gasteiger charge is 1.93. The van der Waals surface area contributed by atoms with Crippen LogP contribution in [0.4, 0.5) is 4.39 Å². The molecular formula is C6H13FN2. The summed E-state index contributed by atoms with van der Waals surface area (Å²) in [5.74, 6) is 0. The first kappa shape index (κ1) is 8.59. The molecule has 1 unspecified atom stereocenters. The molecule has 4 N–H and O–H groups in total. The number of rotatable bonds is 4. The van der Waals surface area contributed by atoms with Gasteiger partial charge in [-0.3, -0.25) is 4.39 Å². The molecule has 0 bridgehead atoms. The van der Waals surface area contributed by atoms with Crippen molar-refractivity contribution in [3.8, 4) is 0 Å². The zero-order valence-electron chi connectivity index (χ0n) is 5.39. The van der Waals surface area contributed by atoms with Gasteiger partial charge in [0, 0.05) is 12.6 Å². The summed E-state index contributed by atoms with van der Waals surface area (Å²) in [6.45, 7) is 0.107. The van der Waals surface area contributed by atoms with E-state index < -0.39 is 0 Å². The molecule has 54 valence electrons. The number of hydrogen-bond donors (Lipinski definition) is 2. The predicted octanol–water partition coefficient (Wildman–Crippen LogP) is 0.188. The first-order valence-corrected chi connectivity index (χ1v) is 2.99. The van der Waals surface area contributed by atoms with E-state index in [1.165, 1.54) is 0 Å². The lowest BCUT2D eigenvalue weighted by molar-refractivity contribution is 0.458. The van der Waals surface area contributed by atoms with E-state index in [1.54, 1.807) is 12.2 Å². The standard InChI is InChI=1S/C6H13FN2/c7-4-3-6(9)2-1-5-8/h1-2,6H,3-5,8-9H2. The van der Waals surface area contributed by atoms with Crippen molar-refractivity contribution in [2.45, 2.75) is 12.5 Å². The molecular weight excluding hydrogens is 119 g/mol. The molecule has 0 aromatic rings. The Labute approximate surface area is 54.7 Å². The van der Waals surface area contributed by atoms with Gasteiger partial charge in [0.15, 0.2) is 0 Å². The van der Waals surface area contributed by atoms with Gasteiger partial charge in [0.25, 0.3) is 0 Å². The average Bonchev–Trinajstić information content (AvgIpc) is 1.85. The Morgan fingerprint density at radius 2 is 2.22 bits per heavy atom. The molecule has 0 aromatic carbocycles. The minimum Gasteiger partial charge on any atom is -0.327 e. The maximum absolute atomic E-state index is 11.5. The second-order valence-corrected chi connectivity index (χ2v) is 1.81. The molecule has 0 spiro atoms. The lowest BCUT2D eigenvalue weighted by Gasteiger charge is -1.99. The van der Waals surface area contributed by atoms with Crippen molar-refractivity contribution in [2.75, 3.05) is 13.2 Å². The minimum absolute atomic E-state index is 0.168. The van der Waals surface area contributed by atoms with Gasteiger partial charge in [-0.05, 0) is 6.42 Å². The summed E-state index contributed by atoms with van der Waals surface area (Å²) in [7, 11) is 0. The zero-order chi connectivity index (χ0) is 7.11. The third kappa shape index (κ3) is 5.46. The van der Waals surface area contributed by atoms with E-state index in [0.29, 0.717) is 13.0 Å². The molecule has 0 aromatic heterocycles. The van der Waals surface area contributed by atoms with Crippen molar-refractivity contribution < 1.29 is 4.39 Å². The van der Waals surface area contributed by atoms with Gasteiger partial charge in [0.1, 0.15) is 0 Å². The van der Waals surface area contributed by atoms with E-state index in [4.69, 9.17) is 11.5 Å². The molecule has 9 heavy (non-hydrogen) atoms. The number of alkyl halides is 1. The molecule has 0 saturated heterocycles. The highest BCUT2D eigenvalue weighted by Crippen LogP contribution is 1.89. The Balaban J connectivity index is 3.25. The Hall–Kier alpha value is -0.410. The largest absolute Gasteiger partial charge is 0.327 e. The average molecular weight is 132 g/mol. The monoisotopic (exact) mass is 132 g/mol. The molecule has 0 aliphatic carbocycles. The lowest BCUT2D eigenvalue weighted by Crippen LogP contribution is -2.17. The highest BCUT2D eigenvalue weighted by molar-refractivity contribution is 4.91. The van der Waals surface area contributed by atoms with Gasteiger partial charge in [-0.2, -0.15) is 0 Å². The van der Waals surface area contributed by atoms with Gasteiger partial charge in [-0.25, -0.2) is 0 Å². The Bertz CT molecular complexity index is 83.1. The molecule has 0 aliphatic rings. The van der Waals surface area contributed by atoms with Crippen LogP contribution in [0.1, 0.15) is 6.42 Å². The van der Waals surface area contributed by atoms with Crippen LogP contribution in [-0.4, -0.2) is 19.3 Å². The van der Waals surface area contributed by atoms with Crippen molar-refractivity contribution in [3.63, 3.8) is 0 Å². The van der Waals surface area contributed by atoms with Crippen LogP contribution in [0.5, 0.6) is 0 Å². The fourth-order valence-corrected chi connectivity index (χ4v) is 0.476. The number of halogens is 1. The summed E-state index contributed by atoms with van der Waals surface area (Å²) >= 11 is 0.